The molecule has 130 valence electrons. The molecule has 0 amide bonds. The van der Waals surface area contributed by atoms with Crippen LogP contribution in [-0.2, 0) is 16.6 Å². The van der Waals surface area contributed by atoms with Crippen LogP contribution < -0.4 is 0 Å². The first-order valence-electron chi connectivity index (χ1n) is 7.88. The van der Waals surface area contributed by atoms with Crippen LogP contribution in [0.2, 0.25) is 0 Å². The van der Waals surface area contributed by atoms with Gasteiger partial charge in [0.05, 0.1) is 5.69 Å². The Bertz CT molecular complexity index is 817. The second-order valence-corrected chi connectivity index (χ2v) is 8.44. The van der Waals surface area contributed by atoms with Gasteiger partial charge in [-0.25, -0.2) is 0 Å². The Balaban J connectivity index is 1.77. The van der Waals surface area contributed by atoms with E-state index in [1.165, 1.54) is 8.61 Å². The molecule has 0 bridgehead atoms. The molecule has 0 spiro atoms. The third-order valence-electron chi connectivity index (χ3n) is 4.24. The van der Waals surface area contributed by atoms with Crippen molar-refractivity contribution in [1.29, 1.82) is 0 Å². The molecule has 1 saturated heterocycles. The van der Waals surface area contributed by atoms with E-state index in [2.05, 4.69) is 20.2 Å². The van der Waals surface area contributed by atoms with Gasteiger partial charge in [0.1, 0.15) is 11.4 Å². The average Bonchev–Trinajstić information content (AvgIpc) is 3.17. The standard InChI is InChI=1S/C15H22N6O2S/c1-11-8-14(19-18-11)15-13(16-5-6-17-15)9-12-4-7-21(10-12)24(22,23)20(2)3/h5-6,8,12H,4,7,9-10H2,1-3H3,(H,18,19)/t12-/m1/s1. The molecule has 0 saturated carbocycles. The fourth-order valence-corrected chi connectivity index (χ4v) is 4.14. The Morgan fingerprint density at radius 3 is 2.75 bits per heavy atom. The molecule has 1 atom stereocenters. The summed E-state index contributed by atoms with van der Waals surface area (Å²) in [5.74, 6) is 0.232. The minimum absolute atomic E-state index is 0.232. The first-order chi connectivity index (χ1) is 11.4. The molecule has 1 fully saturated rings. The normalized spacial score (nSPS) is 19.2. The molecule has 1 aliphatic rings. The molecular formula is C15H22N6O2S. The van der Waals surface area contributed by atoms with Crippen LogP contribution in [0.5, 0.6) is 0 Å². The predicted molar refractivity (Wildman–Crippen MR) is 90.3 cm³/mol. The molecular weight excluding hydrogens is 328 g/mol. The van der Waals surface area contributed by atoms with Gasteiger partial charge in [-0.3, -0.25) is 15.1 Å². The van der Waals surface area contributed by atoms with Gasteiger partial charge >= 0.3 is 0 Å². The number of aromatic nitrogens is 4. The fraction of sp³-hybridized carbons (Fsp3) is 0.533. The molecule has 2 aromatic rings. The number of aryl methyl sites for hydroxylation is 1. The summed E-state index contributed by atoms with van der Waals surface area (Å²) in [4.78, 5) is 8.87. The second-order valence-electron chi connectivity index (χ2n) is 6.29. The Kier molecular flexibility index (Phi) is 4.66. The van der Waals surface area contributed by atoms with Gasteiger partial charge in [-0.15, -0.1) is 0 Å². The number of rotatable bonds is 5. The monoisotopic (exact) mass is 350 g/mol. The number of nitrogens with zero attached hydrogens (tertiary/aromatic N) is 5. The third-order valence-corrected chi connectivity index (χ3v) is 6.15. The van der Waals surface area contributed by atoms with Crippen LogP contribution in [0.25, 0.3) is 11.4 Å². The van der Waals surface area contributed by atoms with Crippen molar-refractivity contribution in [1.82, 2.24) is 28.8 Å². The summed E-state index contributed by atoms with van der Waals surface area (Å²) >= 11 is 0. The first kappa shape index (κ1) is 17.0. The van der Waals surface area contributed by atoms with E-state index in [9.17, 15) is 8.42 Å². The number of H-pyrrole nitrogens is 1. The number of hydrogen-bond donors (Lipinski definition) is 1. The van der Waals surface area contributed by atoms with E-state index in [-0.39, 0.29) is 5.92 Å². The van der Waals surface area contributed by atoms with Crippen LogP contribution in [0.1, 0.15) is 17.8 Å². The van der Waals surface area contributed by atoms with E-state index in [1.807, 2.05) is 13.0 Å². The predicted octanol–water partition coefficient (Wildman–Crippen LogP) is 0.846. The highest BCUT2D eigenvalue weighted by molar-refractivity contribution is 7.86. The smallest absolute Gasteiger partial charge is 0.281 e. The van der Waals surface area contributed by atoms with E-state index >= 15 is 0 Å². The molecule has 0 aromatic carbocycles. The Hall–Kier alpha value is -1.84. The molecule has 1 N–H and O–H groups in total. The SMILES string of the molecule is Cc1cc(-c2nccnc2C[C@H]2CCN(S(=O)(=O)N(C)C)C2)n[nH]1. The fourth-order valence-electron chi connectivity index (χ4n) is 2.95. The minimum Gasteiger partial charge on any atom is -0.282 e. The van der Waals surface area contributed by atoms with Gasteiger partial charge in [-0.1, -0.05) is 0 Å². The van der Waals surface area contributed by atoms with Crippen molar-refractivity contribution < 1.29 is 8.42 Å². The molecule has 1 aliphatic heterocycles. The largest absolute Gasteiger partial charge is 0.282 e. The molecule has 0 unspecified atom stereocenters. The zero-order valence-electron chi connectivity index (χ0n) is 14.1. The Labute approximate surface area is 142 Å². The van der Waals surface area contributed by atoms with Gasteiger partial charge in [0.2, 0.25) is 0 Å². The van der Waals surface area contributed by atoms with E-state index in [0.717, 1.165) is 29.2 Å². The van der Waals surface area contributed by atoms with E-state index < -0.39 is 10.2 Å². The molecule has 9 heteroatoms. The summed E-state index contributed by atoms with van der Waals surface area (Å²) in [7, 11) is -0.230. The van der Waals surface area contributed by atoms with Crippen molar-refractivity contribution in [3.05, 3.63) is 29.8 Å². The van der Waals surface area contributed by atoms with E-state index in [1.54, 1.807) is 26.5 Å². The van der Waals surface area contributed by atoms with Crippen LogP contribution in [0.4, 0.5) is 0 Å². The summed E-state index contributed by atoms with van der Waals surface area (Å²) in [5.41, 5.74) is 3.35. The van der Waals surface area contributed by atoms with Crippen molar-refractivity contribution in [3.63, 3.8) is 0 Å². The maximum atomic E-state index is 12.2. The van der Waals surface area contributed by atoms with Crippen molar-refractivity contribution in [2.45, 2.75) is 19.8 Å². The van der Waals surface area contributed by atoms with Gasteiger partial charge in [-0.2, -0.15) is 22.1 Å². The summed E-state index contributed by atoms with van der Waals surface area (Å²) < 4.78 is 27.3. The summed E-state index contributed by atoms with van der Waals surface area (Å²) in [6, 6.07) is 1.94. The molecule has 3 heterocycles. The number of hydrogen-bond acceptors (Lipinski definition) is 5. The highest BCUT2D eigenvalue weighted by Gasteiger charge is 2.33. The second kappa shape index (κ2) is 6.58. The Morgan fingerprint density at radius 2 is 2.08 bits per heavy atom. The summed E-state index contributed by atoms with van der Waals surface area (Å²) in [6.07, 6.45) is 4.83. The highest BCUT2D eigenvalue weighted by atomic mass is 32.2. The molecule has 3 rings (SSSR count). The first-order valence-corrected chi connectivity index (χ1v) is 9.27. The van der Waals surface area contributed by atoms with Gasteiger partial charge in [0, 0.05) is 45.3 Å². The van der Waals surface area contributed by atoms with Crippen molar-refractivity contribution in [3.8, 4) is 11.4 Å². The van der Waals surface area contributed by atoms with Crippen LogP contribution in [0.15, 0.2) is 18.5 Å². The average molecular weight is 350 g/mol. The molecule has 24 heavy (non-hydrogen) atoms. The van der Waals surface area contributed by atoms with E-state index in [0.29, 0.717) is 19.5 Å². The summed E-state index contributed by atoms with van der Waals surface area (Å²) in [6.45, 7) is 2.99. The van der Waals surface area contributed by atoms with Crippen molar-refractivity contribution >= 4 is 10.2 Å². The lowest BCUT2D eigenvalue weighted by molar-refractivity contribution is 0.409. The third kappa shape index (κ3) is 3.33. The zero-order chi connectivity index (χ0) is 17.3. The molecule has 2 aromatic heterocycles. The minimum atomic E-state index is -3.35. The molecule has 8 nitrogen and oxygen atoms in total. The van der Waals surface area contributed by atoms with Gasteiger partial charge in [-0.05, 0) is 31.7 Å². The maximum absolute atomic E-state index is 12.2. The molecule has 0 aliphatic carbocycles. The topological polar surface area (TPSA) is 95.1 Å². The maximum Gasteiger partial charge on any atom is 0.281 e. The number of aromatic amines is 1. The van der Waals surface area contributed by atoms with Crippen LogP contribution in [0, 0.1) is 12.8 Å². The lowest BCUT2D eigenvalue weighted by atomic mass is 10.0. The Morgan fingerprint density at radius 1 is 1.33 bits per heavy atom. The van der Waals surface area contributed by atoms with E-state index in [4.69, 9.17) is 0 Å². The zero-order valence-corrected chi connectivity index (χ0v) is 14.9. The highest BCUT2D eigenvalue weighted by Crippen LogP contribution is 2.26. The lowest BCUT2D eigenvalue weighted by Crippen LogP contribution is -2.38. The van der Waals surface area contributed by atoms with Crippen molar-refractivity contribution in [2.24, 2.45) is 5.92 Å². The van der Waals surface area contributed by atoms with Crippen LogP contribution >= 0.6 is 0 Å². The van der Waals surface area contributed by atoms with Crippen LogP contribution in [0.3, 0.4) is 0 Å². The van der Waals surface area contributed by atoms with Crippen molar-refractivity contribution in [2.75, 3.05) is 27.2 Å². The number of nitrogens with one attached hydrogen (secondary N) is 1. The summed E-state index contributed by atoms with van der Waals surface area (Å²) in [5, 5.41) is 7.17. The lowest BCUT2D eigenvalue weighted by Gasteiger charge is -2.20. The van der Waals surface area contributed by atoms with Gasteiger partial charge in [0.25, 0.3) is 10.2 Å². The van der Waals surface area contributed by atoms with Gasteiger partial charge in [0.15, 0.2) is 0 Å². The molecule has 0 radical (unpaired) electrons. The van der Waals surface area contributed by atoms with Crippen LogP contribution in [-0.4, -0.2) is 64.4 Å². The van der Waals surface area contributed by atoms with Gasteiger partial charge < -0.3 is 0 Å². The quantitative estimate of drug-likeness (QED) is 0.862.